The summed E-state index contributed by atoms with van der Waals surface area (Å²) in [7, 11) is 0. The highest BCUT2D eigenvalue weighted by Gasteiger charge is 2.40. The first-order valence-electron chi connectivity index (χ1n) is 8.88. The number of hydrogen-bond donors (Lipinski definition) is 3. The monoisotopic (exact) mass is 360 g/mol. The second-order valence-corrected chi connectivity index (χ2v) is 7.21. The minimum absolute atomic E-state index is 0. The van der Waals surface area contributed by atoms with Crippen molar-refractivity contribution in [3.05, 3.63) is 42.1 Å². The summed E-state index contributed by atoms with van der Waals surface area (Å²) >= 11 is 0. The maximum atomic E-state index is 12.7. The molecular weight excluding hydrogens is 336 g/mol. The Bertz CT molecular complexity index is 703. The molecule has 1 aromatic carbocycles. The Morgan fingerprint density at radius 2 is 1.84 bits per heavy atom. The molecule has 2 aromatic rings. The number of nitrogens with one attached hydrogen (secondary N) is 2. The fourth-order valence-corrected chi connectivity index (χ4v) is 4.45. The second-order valence-electron chi connectivity index (χ2n) is 7.21. The molecule has 2 atom stereocenters. The summed E-state index contributed by atoms with van der Waals surface area (Å²) in [5, 5.41) is 10.4. The summed E-state index contributed by atoms with van der Waals surface area (Å²) in [6.45, 7) is 0. The van der Waals surface area contributed by atoms with Gasteiger partial charge in [0.15, 0.2) is 0 Å². The van der Waals surface area contributed by atoms with Crippen molar-refractivity contribution in [3.63, 3.8) is 0 Å². The van der Waals surface area contributed by atoms with Crippen molar-refractivity contribution in [1.29, 1.82) is 0 Å². The van der Waals surface area contributed by atoms with Gasteiger partial charge in [-0.1, -0.05) is 36.8 Å². The lowest BCUT2D eigenvalue weighted by Gasteiger charge is -2.45. The molecule has 5 nitrogen and oxygen atoms in total. The number of halogens is 1. The van der Waals surface area contributed by atoms with Crippen LogP contribution in [0, 0.1) is 11.8 Å². The van der Waals surface area contributed by atoms with E-state index >= 15 is 0 Å². The first-order chi connectivity index (χ1) is 11.7. The molecule has 0 saturated heterocycles. The number of carbonyl (C=O) groups is 1. The number of hydrogen-bond acceptors (Lipinski definition) is 3. The third-order valence-electron chi connectivity index (χ3n) is 5.57. The summed E-state index contributed by atoms with van der Waals surface area (Å²) < 4.78 is 0. The molecule has 0 radical (unpaired) electrons. The Balaban J connectivity index is 0.00000182. The SMILES string of the molecule is Cl.NC1CC2CCCC(C1)C2NC(=O)c1cc(-c2ccccc2)n[nH]1. The zero-order valence-corrected chi connectivity index (χ0v) is 15.0. The number of benzene rings is 1. The van der Waals surface area contributed by atoms with Crippen LogP contribution in [-0.4, -0.2) is 28.2 Å². The number of nitrogens with zero attached hydrogens (tertiary/aromatic N) is 1. The van der Waals surface area contributed by atoms with Crippen LogP contribution in [0.1, 0.15) is 42.6 Å². The van der Waals surface area contributed by atoms with E-state index in [1.165, 1.54) is 19.3 Å². The van der Waals surface area contributed by atoms with Crippen LogP contribution in [0.3, 0.4) is 0 Å². The molecule has 1 aromatic heterocycles. The fraction of sp³-hybridized carbons (Fsp3) is 0.474. The number of nitrogens with two attached hydrogens (primary N) is 1. The smallest absolute Gasteiger partial charge is 0.269 e. The largest absolute Gasteiger partial charge is 0.347 e. The predicted octanol–water partition coefficient (Wildman–Crippen LogP) is 3.13. The topological polar surface area (TPSA) is 83.8 Å². The fourth-order valence-electron chi connectivity index (χ4n) is 4.45. The Morgan fingerprint density at radius 1 is 1.16 bits per heavy atom. The van der Waals surface area contributed by atoms with Crippen LogP contribution in [0.25, 0.3) is 11.3 Å². The lowest BCUT2D eigenvalue weighted by atomic mass is 9.67. The zero-order chi connectivity index (χ0) is 16.5. The number of aromatic nitrogens is 2. The molecule has 1 heterocycles. The van der Waals surface area contributed by atoms with Crippen LogP contribution in [-0.2, 0) is 0 Å². The van der Waals surface area contributed by atoms with Crippen molar-refractivity contribution in [2.24, 2.45) is 17.6 Å². The van der Waals surface area contributed by atoms with E-state index in [4.69, 9.17) is 5.73 Å². The van der Waals surface area contributed by atoms with Crippen LogP contribution >= 0.6 is 12.4 Å². The van der Waals surface area contributed by atoms with Crippen LogP contribution in [0.2, 0.25) is 0 Å². The van der Waals surface area contributed by atoms with E-state index in [1.54, 1.807) is 0 Å². The van der Waals surface area contributed by atoms with Crippen molar-refractivity contribution < 1.29 is 4.79 Å². The lowest BCUT2D eigenvalue weighted by molar-refractivity contribution is 0.0751. The van der Waals surface area contributed by atoms with Crippen LogP contribution < -0.4 is 11.1 Å². The molecule has 2 bridgehead atoms. The quantitative estimate of drug-likeness (QED) is 0.786. The Morgan fingerprint density at radius 3 is 2.52 bits per heavy atom. The van der Waals surface area contributed by atoms with Gasteiger partial charge in [-0.05, 0) is 43.6 Å². The molecule has 0 spiro atoms. The molecule has 6 heteroatoms. The van der Waals surface area contributed by atoms with Gasteiger partial charge in [-0.15, -0.1) is 12.4 Å². The molecule has 2 aliphatic rings. The molecule has 0 aliphatic heterocycles. The molecule has 134 valence electrons. The summed E-state index contributed by atoms with van der Waals surface area (Å²) in [6, 6.07) is 12.3. The van der Waals surface area contributed by atoms with Gasteiger partial charge in [0, 0.05) is 17.6 Å². The van der Waals surface area contributed by atoms with E-state index in [2.05, 4.69) is 15.5 Å². The van der Waals surface area contributed by atoms with Gasteiger partial charge in [-0.3, -0.25) is 9.89 Å². The standard InChI is InChI=1S/C19H24N4O.ClH/c20-15-9-13-7-4-8-14(10-15)18(13)21-19(24)17-11-16(22-23-17)12-5-2-1-3-6-12;/h1-3,5-6,11,13-15,18H,4,7-10,20H2,(H,21,24)(H,22,23);1H. The molecular formula is C19H25ClN4O. The number of rotatable bonds is 3. The highest BCUT2D eigenvalue weighted by atomic mass is 35.5. The lowest BCUT2D eigenvalue weighted by Crippen LogP contribution is -2.53. The van der Waals surface area contributed by atoms with E-state index in [1.807, 2.05) is 36.4 Å². The van der Waals surface area contributed by atoms with Crippen molar-refractivity contribution in [2.75, 3.05) is 0 Å². The Kier molecular flexibility index (Phi) is 5.45. The van der Waals surface area contributed by atoms with Crippen molar-refractivity contribution in [3.8, 4) is 11.3 Å². The summed E-state index contributed by atoms with van der Waals surface area (Å²) in [6.07, 6.45) is 5.66. The summed E-state index contributed by atoms with van der Waals surface area (Å²) in [5.74, 6) is 0.989. The molecule has 25 heavy (non-hydrogen) atoms. The first kappa shape index (κ1) is 18.0. The highest BCUT2D eigenvalue weighted by Crippen LogP contribution is 2.39. The van der Waals surface area contributed by atoms with E-state index in [9.17, 15) is 4.79 Å². The van der Waals surface area contributed by atoms with Crippen LogP contribution in [0.15, 0.2) is 36.4 Å². The second kappa shape index (κ2) is 7.58. The number of fused-ring (bicyclic) bond motifs is 2. The molecule has 4 N–H and O–H groups in total. The van der Waals surface area contributed by atoms with Gasteiger partial charge in [0.1, 0.15) is 5.69 Å². The maximum Gasteiger partial charge on any atom is 0.269 e. The average Bonchev–Trinajstić information content (AvgIpc) is 3.07. The van der Waals surface area contributed by atoms with Gasteiger partial charge < -0.3 is 11.1 Å². The number of aromatic amines is 1. The van der Waals surface area contributed by atoms with Gasteiger partial charge in [0.05, 0.1) is 5.69 Å². The third kappa shape index (κ3) is 3.72. The van der Waals surface area contributed by atoms with Crippen molar-refractivity contribution in [2.45, 2.75) is 44.2 Å². The van der Waals surface area contributed by atoms with Gasteiger partial charge in [-0.25, -0.2) is 0 Å². The third-order valence-corrected chi connectivity index (χ3v) is 5.57. The molecule has 1 amide bonds. The first-order valence-corrected chi connectivity index (χ1v) is 8.88. The van der Waals surface area contributed by atoms with Crippen LogP contribution in [0.4, 0.5) is 0 Å². The van der Waals surface area contributed by atoms with Crippen molar-refractivity contribution in [1.82, 2.24) is 15.5 Å². The summed E-state index contributed by atoms with van der Waals surface area (Å²) in [4.78, 5) is 12.7. The predicted molar refractivity (Wildman–Crippen MR) is 101 cm³/mol. The number of H-pyrrole nitrogens is 1. The van der Waals surface area contributed by atoms with E-state index < -0.39 is 0 Å². The van der Waals surface area contributed by atoms with Gasteiger partial charge >= 0.3 is 0 Å². The average molecular weight is 361 g/mol. The van der Waals surface area contributed by atoms with E-state index in [-0.39, 0.29) is 24.4 Å². The van der Waals surface area contributed by atoms with Crippen LogP contribution in [0.5, 0.6) is 0 Å². The van der Waals surface area contributed by atoms with Crippen molar-refractivity contribution >= 4 is 18.3 Å². The van der Waals surface area contributed by atoms with Gasteiger partial charge in [-0.2, -0.15) is 5.10 Å². The molecule has 2 saturated carbocycles. The summed E-state index contributed by atoms with van der Waals surface area (Å²) in [5.41, 5.74) is 8.50. The van der Waals surface area contributed by atoms with Gasteiger partial charge in [0.2, 0.25) is 0 Å². The van der Waals surface area contributed by atoms with E-state index in [0.29, 0.717) is 23.6 Å². The van der Waals surface area contributed by atoms with E-state index in [0.717, 1.165) is 24.1 Å². The number of carbonyl (C=O) groups excluding carboxylic acids is 1. The molecule has 2 fully saturated rings. The van der Waals surface area contributed by atoms with Gasteiger partial charge in [0.25, 0.3) is 5.91 Å². The minimum Gasteiger partial charge on any atom is -0.347 e. The minimum atomic E-state index is -0.0537. The molecule has 2 aliphatic carbocycles. The number of amides is 1. The highest BCUT2D eigenvalue weighted by molar-refractivity contribution is 5.93. The molecule has 4 rings (SSSR count). The zero-order valence-electron chi connectivity index (χ0n) is 14.2. The normalized spacial score (nSPS) is 28.0. The molecule has 2 unspecified atom stereocenters. The maximum absolute atomic E-state index is 12.7. The Labute approximate surface area is 154 Å². The Hall–Kier alpha value is -1.85.